The summed E-state index contributed by atoms with van der Waals surface area (Å²) in [5, 5.41) is 5.74. The van der Waals surface area contributed by atoms with Gasteiger partial charge in [0.2, 0.25) is 17.7 Å². The molecule has 32 heavy (non-hydrogen) atoms. The van der Waals surface area contributed by atoms with E-state index in [1.807, 2.05) is 68.4 Å². The number of carbonyl (C=O) groups is 3. The number of rotatable bonds is 5. The highest BCUT2D eigenvalue weighted by atomic mass is 16.2. The van der Waals surface area contributed by atoms with Crippen molar-refractivity contribution in [1.82, 2.24) is 10.2 Å². The summed E-state index contributed by atoms with van der Waals surface area (Å²) in [7, 11) is 0. The van der Waals surface area contributed by atoms with Gasteiger partial charge >= 0.3 is 6.17 Å². The molecule has 0 bridgehead atoms. The average molecular weight is 431 g/mol. The maximum atomic E-state index is 13.7. The van der Waals surface area contributed by atoms with E-state index in [0.717, 1.165) is 11.1 Å². The summed E-state index contributed by atoms with van der Waals surface area (Å²) in [4.78, 5) is 44.8. The quantitative estimate of drug-likeness (QED) is 0.565. The molecular weight excluding hydrogens is 404 g/mol. The van der Waals surface area contributed by atoms with Crippen LogP contribution in [0.3, 0.4) is 0 Å². The Bertz CT molecular complexity index is 1090. The van der Waals surface area contributed by atoms with Crippen LogP contribution >= 0.6 is 0 Å². The molecule has 3 amide bonds. The van der Waals surface area contributed by atoms with Crippen molar-refractivity contribution in [2.45, 2.75) is 44.3 Å². The zero-order valence-electron chi connectivity index (χ0n) is 18.2. The monoisotopic (exact) mass is 430 g/mol. The zero-order chi connectivity index (χ0) is 22.9. The lowest BCUT2D eigenvalue weighted by Crippen LogP contribution is -2.48. The summed E-state index contributed by atoms with van der Waals surface area (Å²) in [5.74, 6) is -1.95. The van der Waals surface area contributed by atoms with Crippen LogP contribution in [0.25, 0.3) is 4.85 Å². The number of para-hydroxylation sites is 1. The van der Waals surface area contributed by atoms with E-state index in [1.165, 1.54) is 4.90 Å². The Morgan fingerprint density at radius 1 is 1.19 bits per heavy atom. The molecular formula is C25H26N4O3. The molecule has 3 atom stereocenters. The van der Waals surface area contributed by atoms with Gasteiger partial charge in [-0.05, 0) is 37.5 Å². The Kier molecular flexibility index (Phi) is 5.70. The van der Waals surface area contributed by atoms with Crippen LogP contribution in [-0.4, -0.2) is 41.4 Å². The molecule has 1 fully saturated rings. The highest BCUT2D eigenvalue weighted by molar-refractivity contribution is 6.08. The molecule has 1 spiro atoms. The number of hydrogen-bond donors (Lipinski definition) is 2. The van der Waals surface area contributed by atoms with Gasteiger partial charge in [0.25, 0.3) is 0 Å². The van der Waals surface area contributed by atoms with Crippen LogP contribution in [0, 0.1) is 12.5 Å². The predicted octanol–water partition coefficient (Wildman–Crippen LogP) is 2.74. The largest absolute Gasteiger partial charge is 0.353 e. The summed E-state index contributed by atoms with van der Waals surface area (Å²) >= 11 is 0. The van der Waals surface area contributed by atoms with Crippen molar-refractivity contribution >= 4 is 23.4 Å². The predicted molar refractivity (Wildman–Crippen MR) is 120 cm³/mol. The first-order chi connectivity index (χ1) is 15.4. The third kappa shape index (κ3) is 3.73. The first-order valence-electron chi connectivity index (χ1n) is 10.8. The van der Waals surface area contributed by atoms with Gasteiger partial charge in [-0.2, -0.15) is 0 Å². The molecule has 2 aromatic carbocycles. The molecule has 7 heteroatoms. The lowest BCUT2D eigenvalue weighted by molar-refractivity contribution is -0.142. The smallest absolute Gasteiger partial charge is 0.302 e. The van der Waals surface area contributed by atoms with Gasteiger partial charge in [-0.3, -0.25) is 24.1 Å². The lowest BCUT2D eigenvalue weighted by Gasteiger charge is -2.25. The normalized spacial score (nSPS) is 22.4. The number of fused-ring (bicyclic) bond motifs is 2. The highest BCUT2D eigenvalue weighted by Gasteiger charge is 2.59. The molecule has 164 valence electrons. The summed E-state index contributed by atoms with van der Waals surface area (Å²) in [6.07, 6.45) is -0.353. The average Bonchev–Trinajstić information content (AvgIpc) is 3.30. The minimum absolute atomic E-state index is 0.0853. The van der Waals surface area contributed by atoms with E-state index in [2.05, 4.69) is 15.5 Å². The molecule has 0 aromatic heterocycles. The number of hydrogen-bond acceptors (Lipinski definition) is 3. The molecule has 2 heterocycles. The van der Waals surface area contributed by atoms with Crippen molar-refractivity contribution < 1.29 is 14.4 Å². The van der Waals surface area contributed by atoms with E-state index < -0.39 is 23.4 Å². The van der Waals surface area contributed by atoms with Crippen molar-refractivity contribution in [3.8, 4) is 0 Å². The first kappa shape index (κ1) is 21.6. The number of amides is 3. The maximum absolute atomic E-state index is 13.7. The molecule has 0 unspecified atom stereocenters. The van der Waals surface area contributed by atoms with Crippen molar-refractivity contribution in [1.29, 1.82) is 0 Å². The molecule has 4 rings (SSSR count). The summed E-state index contributed by atoms with van der Waals surface area (Å²) < 4.78 is 0. The Labute approximate surface area is 187 Å². The SMILES string of the molecule is [C-]#[N+][C@@H]1C[C@@]2(CN1C(=O)[C@H](Cc1ccccc1)C(=O)NC(C)C)C(=O)Nc1ccccc12. The summed E-state index contributed by atoms with van der Waals surface area (Å²) in [6, 6.07) is 16.6. The van der Waals surface area contributed by atoms with Gasteiger partial charge in [-0.25, -0.2) is 6.57 Å². The number of benzene rings is 2. The molecule has 0 saturated carbocycles. The van der Waals surface area contributed by atoms with Crippen LogP contribution in [-0.2, 0) is 26.2 Å². The molecule has 7 nitrogen and oxygen atoms in total. The molecule has 0 radical (unpaired) electrons. The van der Waals surface area contributed by atoms with Crippen LogP contribution < -0.4 is 10.6 Å². The van der Waals surface area contributed by atoms with E-state index in [9.17, 15) is 14.4 Å². The number of carbonyl (C=O) groups excluding carboxylic acids is 3. The Morgan fingerprint density at radius 2 is 1.88 bits per heavy atom. The van der Waals surface area contributed by atoms with E-state index in [0.29, 0.717) is 5.69 Å². The Morgan fingerprint density at radius 3 is 2.56 bits per heavy atom. The van der Waals surface area contributed by atoms with Gasteiger partial charge in [0, 0.05) is 18.3 Å². The van der Waals surface area contributed by atoms with Gasteiger partial charge in [0.1, 0.15) is 11.3 Å². The molecule has 1 saturated heterocycles. The maximum Gasteiger partial charge on any atom is 0.302 e. The second-order valence-electron chi connectivity index (χ2n) is 8.77. The third-order valence-corrected chi connectivity index (χ3v) is 6.22. The highest BCUT2D eigenvalue weighted by Crippen LogP contribution is 2.47. The van der Waals surface area contributed by atoms with Gasteiger partial charge in [-0.1, -0.05) is 48.5 Å². The van der Waals surface area contributed by atoms with Crippen molar-refractivity contribution in [3.63, 3.8) is 0 Å². The fourth-order valence-electron chi connectivity index (χ4n) is 4.68. The van der Waals surface area contributed by atoms with Crippen LogP contribution in [0.5, 0.6) is 0 Å². The van der Waals surface area contributed by atoms with Crippen molar-refractivity contribution in [2.24, 2.45) is 5.92 Å². The fourth-order valence-corrected chi connectivity index (χ4v) is 4.68. The third-order valence-electron chi connectivity index (χ3n) is 6.22. The Balaban J connectivity index is 1.66. The van der Waals surface area contributed by atoms with Gasteiger partial charge in [-0.15, -0.1) is 0 Å². The molecule has 2 aliphatic heterocycles. The molecule has 2 aromatic rings. The first-order valence-corrected chi connectivity index (χ1v) is 10.8. The fraction of sp³-hybridized carbons (Fsp3) is 0.360. The van der Waals surface area contributed by atoms with Crippen LogP contribution in [0.4, 0.5) is 5.69 Å². The standard InChI is InChI=1S/C25H26N4O3/c1-16(2)27-22(30)18(13-17-9-5-4-6-10-17)23(31)29-15-25(14-21(29)26-3)19-11-7-8-12-20(19)28-24(25)32/h4-12,16,18,21H,13-15H2,1-2H3,(H,27,30)(H,28,32)/t18-,21+,25+/m1/s1. The van der Waals surface area contributed by atoms with Gasteiger partial charge in [0.05, 0.1) is 6.42 Å². The lowest BCUT2D eigenvalue weighted by atomic mass is 9.80. The molecule has 2 N–H and O–H groups in total. The van der Waals surface area contributed by atoms with E-state index in [1.54, 1.807) is 0 Å². The van der Waals surface area contributed by atoms with Crippen LogP contribution in [0.1, 0.15) is 31.4 Å². The topological polar surface area (TPSA) is 82.9 Å². The van der Waals surface area contributed by atoms with Crippen molar-refractivity contribution in [2.75, 3.05) is 11.9 Å². The second kappa shape index (κ2) is 8.46. The number of nitrogens with zero attached hydrogens (tertiary/aromatic N) is 2. The summed E-state index contributed by atoms with van der Waals surface area (Å²) in [6.45, 7) is 11.5. The van der Waals surface area contributed by atoms with Crippen LogP contribution in [0.15, 0.2) is 54.6 Å². The van der Waals surface area contributed by atoms with E-state index in [-0.39, 0.29) is 37.2 Å². The zero-order valence-corrected chi connectivity index (χ0v) is 18.2. The summed E-state index contributed by atoms with van der Waals surface area (Å²) in [5.41, 5.74) is 1.42. The number of likely N-dealkylation sites (tertiary alicyclic amines) is 1. The minimum Gasteiger partial charge on any atom is -0.353 e. The minimum atomic E-state index is -0.973. The molecule has 2 aliphatic rings. The molecule has 0 aliphatic carbocycles. The van der Waals surface area contributed by atoms with Gasteiger partial charge < -0.3 is 10.6 Å². The van der Waals surface area contributed by atoms with E-state index >= 15 is 0 Å². The van der Waals surface area contributed by atoms with Crippen LogP contribution in [0.2, 0.25) is 0 Å². The Hall–Kier alpha value is -3.66. The number of anilines is 1. The number of nitrogens with one attached hydrogen (secondary N) is 2. The van der Waals surface area contributed by atoms with Gasteiger partial charge in [0.15, 0.2) is 0 Å². The van der Waals surface area contributed by atoms with Crippen molar-refractivity contribution in [3.05, 3.63) is 77.1 Å². The second-order valence-corrected chi connectivity index (χ2v) is 8.77. The van der Waals surface area contributed by atoms with E-state index in [4.69, 9.17) is 6.57 Å².